The maximum Gasteiger partial charge on any atom is 0.324 e. The summed E-state index contributed by atoms with van der Waals surface area (Å²) in [6, 6.07) is 5.21. The smallest absolute Gasteiger partial charge is 0.262 e. The summed E-state index contributed by atoms with van der Waals surface area (Å²) in [7, 11) is 0. The highest BCUT2D eigenvalue weighted by Crippen LogP contribution is 2.13. The molecule has 6 heteroatoms. The number of nitro groups is 1. The van der Waals surface area contributed by atoms with Crippen molar-refractivity contribution in [3.8, 4) is 5.69 Å². The number of nitro benzene ring substituents is 1. The fourth-order valence-electron chi connectivity index (χ4n) is 1.09. The van der Waals surface area contributed by atoms with Crippen LogP contribution in [0.4, 0.5) is 5.69 Å². The predicted molar refractivity (Wildman–Crippen MR) is 47.3 cm³/mol. The topological polar surface area (TPSA) is 82.2 Å². The summed E-state index contributed by atoms with van der Waals surface area (Å²) < 4.78 is 0.948. The first-order valence-electron chi connectivity index (χ1n) is 3.74. The van der Waals surface area contributed by atoms with E-state index >= 15 is 0 Å². The Bertz CT molecular complexity index is 534. The van der Waals surface area contributed by atoms with Crippen molar-refractivity contribution in [1.82, 2.24) is 4.57 Å². The first kappa shape index (κ1) is 8.36. The van der Waals surface area contributed by atoms with E-state index in [-0.39, 0.29) is 5.69 Å². The Hall–Kier alpha value is -2.24. The van der Waals surface area contributed by atoms with Crippen molar-refractivity contribution in [2.75, 3.05) is 0 Å². The van der Waals surface area contributed by atoms with Crippen LogP contribution in [0, 0.1) is 10.1 Å². The number of hydrogen-bond acceptors (Lipinski definition) is 4. The molecule has 0 spiro atoms. The van der Waals surface area contributed by atoms with E-state index in [1.165, 1.54) is 24.3 Å². The molecule has 0 unspecified atom stereocenters. The zero-order chi connectivity index (χ0) is 10.3. The van der Waals surface area contributed by atoms with Gasteiger partial charge in [0.05, 0.1) is 10.6 Å². The molecule has 70 valence electrons. The van der Waals surface area contributed by atoms with Crippen molar-refractivity contribution >= 4 is 5.69 Å². The van der Waals surface area contributed by atoms with Crippen LogP contribution in [0.3, 0.4) is 0 Å². The lowest BCUT2D eigenvalue weighted by molar-refractivity contribution is -0.384. The van der Waals surface area contributed by atoms with Gasteiger partial charge in [-0.1, -0.05) is 0 Å². The summed E-state index contributed by atoms with van der Waals surface area (Å²) in [5.41, 5.74) is -0.876. The van der Waals surface area contributed by atoms with Gasteiger partial charge in [-0.3, -0.25) is 19.7 Å². The Morgan fingerprint density at radius 3 is 1.93 bits per heavy atom. The summed E-state index contributed by atoms with van der Waals surface area (Å²) in [6.07, 6.45) is 0. The van der Waals surface area contributed by atoms with Crippen molar-refractivity contribution in [3.05, 3.63) is 55.1 Å². The lowest BCUT2D eigenvalue weighted by Crippen LogP contribution is -1.93. The Balaban J connectivity index is 2.41. The quantitative estimate of drug-likeness (QED) is 0.380. The molecule has 0 fully saturated rings. The second-order valence-corrected chi connectivity index (χ2v) is 2.72. The molecule has 2 aromatic rings. The summed E-state index contributed by atoms with van der Waals surface area (Å²) in [5, 5.41) is 10.3. The Kier molecular flexibility index (Phi) is 1.57. The Morgan fingerprint density at radius 2 is 1.57 bits per heavy atom. The van der Waals surface area contributed by atoms with E-state index in [4.69, 9.17) is 0 Å². The second-order valence-electron chi connectivity index (χ2n) is 2.72. The van der Waals surface area contributed by atoms with Crippen LogP contribution in [-0.4, -0.2) is 9.49 Å². The molecule has 0 saturated heterocycles. The van der Waals surface area contributed by atoms with Gasteiger partial charge in [0, 0.05) is 12.1 Å². The molecule has 0 atom stereocenters. The summed E-state index contributed by atoms with van der Waals surface area (Å²) in [5.74, 6) is 0. The van der Waals surface area contributed by atoms with Gasteiger partial charge in [-0.25, -0.2) is 4.57 Å². The SMILES string of the molecule is O=c1c(=O)n1-c1ccc([N+](=O)[O-])cc1. The number of non-ortho nitro benzene ring substituents is 1. The molecule has 0 N–H and O–H groups in total. The molecule has 1 aromatic carbocycles. The molecule has 1 aromatic heterocycles. The molecule has 0 saturated carbocycles. The number of benzene rings is 1. The monoisotopic (exact) mass is 192 g/mol. The highest BCUT2D eigenvalue weighted by atomic mass is 16.6. The van der Waals surface area contributed by atoms with Gasteiger partial charge in [0.2, 0.25) is 0 Å². The van der Waals surface area contributed by atoms with Crippen LogP contribution in [0.15, 0.2) is 33.9 Å². The Morgan fingerprint density at radius 1 is 1.07 bits per heavy atom. The van der Waals surface area contributed by atoms with Crippen LogP contribution < -0.4 is 11.1 Å². The number of rotatable bonds is 2. The molecule has 0 aliphatic heterocycles. The van der Waals surface area contributed by atoms with Crippen LogP contribution >= 0.6 is 0 Å². The number of nitrogens with zero attached hydrogens (tertiary/aromatic N) is 2. The fraction of sp³-hybridized carbons (Fsp3) is 0. The van der Waals surface area contributed by atoms with Crippen molar-refractivity contribution < 1.29 is 4.92 Å². The molecule has 0 aliphatic rings. The van der Waals surface area contributed by atoms with Gasteiger partial charge < -0.3 is 0 Å². The standard InChI is InChI=1S/C8H4N2O4/c11-7-8(12)9(7)5-1-3-6(4-2-5)10(13)14/h1-4H. The van der Waals surface area contributed by atoms with Gasteiger partial charge in [0.15, 0.2) is 0 Å². The molecular weight excluding hydrogens is 188 g/mol. The van der Waals surface area contributed by atoms with E-state index in [0.717, 1.165) is 4.57 Å². The first-order valence-corrected chi connectivity index (χ1v) is 3.74. The zero-order valence-electron chi connectivity index (χ0n) is 6.84. The molecule has 0 aliphatic carbocycles. The third-order valence-electron chi connectivity index (χ3n) is 1.86. The van der Waals surface area contributed by atoms with Crippen LogP contribution in [0.5, 0.6) is 0 Å². The fourth-order valence-corrected chi connectivity index (χ4v) is 1.09. The first-order chi connectivity index (χ1) is 6.61. The summed E-state index contributed by atoms with van der Waals surface area (Å²) in [4.78, 5) is 31.1. The van der Waals surface area contributed by atoms with Crippen molar-refractivity contribution in [1.29, 1.82) is 0 Å². The van der Waals surface area contributed by atoms with E-state index in [1.54, 1.807) is 0 Å². The molecule has 0 bridgehead atoms. The van der Waals surface area contributed by atoms with E-state index in [0.29, 0.717) is 5.69 Å². The van der Waals surface area contributed by atoms with Gasteiger partial charge in [-0.2, -0.15) is 0 Å². The van der Waals surface area contributed by atoms with E-state index in [1.807, 2.05) is 0 Å². The molecule has 1 heterocycles. The van der Waals surface area contributed by atoms with Crippen LogP contribution in [-0.2, 0) is 0 Å². The lowest BCUT2D eigenvalue weighted by atomic mass is 10.3. The van der Waals surface area contributed by atoms with Crippen molar-refractivity contribution in [2.45, 2.75) is 0 Å². The summed E-state index contributed by atoms with van der Waals surface area (Å²) >= 11 is 0. The molecule has 0 radical (unpaired) electrons. The average molecular weight is 192 g/mol. The van der Waals surface area contributed by atoms with Crippen molar-refractivity contribution in [2.24, 2.45) is 0 Å². The Labute approximate surface area is 76.9 Å². The molecule has 14 heavy (non-hydrogen) atoms. The normalized spacial score (nSPS) is 10.6. The second kappa shape index (κ2) is 2.63. The van der Waals surface area contributed by atoms with Gasteiger partial charge in [-0.05, 0) is 12.1 Å². The third-order valence-corrected chi connectivity index (χ3v) is 1.86. The van der Waals surface area contributed by atoms with Gasteiger partial charge >= 0.3 is 11.1 Å². The molecular formula is C8H4N2O4. The van der Waals surface area contributed by atoms with Crippen LogP contribution in [0.25, 0.3) is 5.69 Å². The van der Waals surface area contributed by atoms with Gasteiger partial charge in [-0.15, -0.1) is 0 Å². The maximum atomic E-state index is 10.7. The predicted octanol–water partition coefficient (Wildman–Crippen LogP) is -0.0185. The van der Waals surface area contributed by atoms with E-state index in [9.17, 15) is 19.7 Å². The number of hydrogen-bond donors (Lipinski definition) is 0. The number of aromatic nitrogens is 1. The lowest BCUT2D eigenvalue weighted by Gasteiger charge is -1.93. The van der Waals surface area contributed by atoms with Gasteiger partial charge in [0.1, 0.15) is 0 Å². The average Bonchev–Trinajstić information content (AvgIpc) is 2.75. The maximum absolute atomic E-state index is 10.7. The van der Waals surface area contributed by atoms with Crippen molar-refractivity contribution in [3.63, 3.8) is 0 Å². The molecule has 0 amide bonds. The summed E-state index contributed by atoms with van der Waals surface area (Å²) in [6.45, 7) is 0. The van der Waals surface area contributed by atoms with E-state index in [2.05, 4.69) is 0 Å². The van der Waals surface area contributed by atoms with Crippen LogP contribution in [0.2, 0.25) is 0 Å². The molecule has 2 rings (SSSR count). The minimum absolute atomic E-state index is 0.0736. The molecule has 6 nitrogen and oxygen atoms in total. The highest BCUT2D eigenvalue weighted by Gasteiger charge is 2.18. The third kappa shape index (κ3) is 1.13. The van der Waals surface area contributed by atoms with Crippen LogP contribution in [0.1, 0.15) is 0 Å². The van der Waals surface area contributed by atoms with E-state index < -0.39 is 16.0 Å². The minimum Gasteiger partial charge on any atom is -0.262 e. The largest absolute Gasteiger partial charge is 0.324 e. The highest BCUT2D eigenvalue weighted by molar-refractivity contribution is 5.42. The van der Waals surface area contributed by atoms with Gasteiger partial charge in [0.25, 0.3) is 5.69 Å². The minimum atomic E-state index is -0.584. The zero-order valence-corrected chi connectivity index (χ0v) is 6.84.